The first kappa shape index (κ1) is 19.9. The van der Waals surface area contributed by atoms with Crippen LogP contribution >= 0.6 is 11.6 Å². The zero-order valence-corrected chi connectivity index (χ0v) is 13.7. The molecule has 2 aromatic rings. The summed E-state index contributed by atoms with van der Waals surface area (Å²) in [7, 11) is 1.20. The van der Waals surface area contributed by atoms with Gasteiger partial charge in [-0.25, -0.2) is 23.3 Å². The third kappa shape index (κ3) is 3.88. The monoisotopic (exact) mass is 398 g/mol. The van der Waals surface area contributed by atoms with Gasteiger partial charge in [0.2, 0.25) is 0 Å². The van der Waals surface area contributed by atoms with Crippen molar-refractivity contribution in [3.63, 3.8) is 0 Å². The van der Waals surface area contributed by atoms with Crippen molar-refractivity contribution in [3.05, 3.63) is 61.1 Å². The number of alkyl halides is 3. The van der Waals surface area contributed by atoms with Gasteiger partial charge >= 0.3 is 11.9 Å². The predicted octanol–water partition coefficient (Wildman–Crippen LogP) is 1.11. The summed E-state index contributed by atoms with van der Waals surface area (Å²) in [6.45, 7) is -0.133. The van der Waals surface area contributed by atoms with Gasteiger partial charge in [-0.1, -0.05) is 11.6 Å². The largest absolute Gasteiger partial charge is 0.433 e. The van der Waals surface area contributed by atoms with E-state index in [9.17, 15) is 27.2 Å². The maximum atomic E-state index is 14.2. The van der Waals surface area contributed by atoms with Gasteiger partial charge in [0, 0.05) is 11.1 Å². The number of nitrogens with zero attached hydrogens (tertiary/aromatic N) is 2. The van der Waals surface area contributed by atoms with Crippen molar-refractivity contribution in [2.24, 2.45) is 0 Å². The molecule has 0 unspecified atom stereocenters. The van der Waals surface area contributed by atoms with Crippen LogP contribution in [0.5, 0.6) is 0 Å². The van der Waals surface area contributed by atoms with Gasteiger partial charge in [-0.3, -0.25) is 4.79 Å². The topological polar surface area (TPSA) is 101 Å². The van der Waals surface area contributed by atoms with E-state index >= 15 is 0 Å². The van der Waals surface area contributed by atoms with Crippen molar-refractivity contribution in [3.8, 4) is 5.69 Å². The van der Waals surface area contributed by atoms with Gasteiger partial charge in [-0.15, -0.1) is 4.99 Å². The number of hydrogen-bond donors (Lipinski definition) is 2. The molecule has 0 atom stereocenters. The molecule has 0 aliphatic heterocycles. The summed E-state index contributed by atoms with van der Waals surface area (Å²) >= 11 is 5.84. The number of nitrogen functional groups attached to an aromatic ring is 1. The lowest BCUT2D eigenvalue weighted by Gasteiger charge is -2.15. The van der Waals surface area contributed by atoms with E-state index in [2.05, 4.69) is 15.4 Å². The second-order valence-corrected chi connectivity index (χ2v) is 5.23. The Kier molecular flexibility index (Phi) is 5.71. The summed E-state index contributed by atoms with van der Waals surface area (Å²) in [5, 5.41) is -0.0912. The molecule has 26 heavy (non-hydrogen) atoms. The summed E-state index contributed by atoms with van der Waals surface area (Å²) in [4.78, 5) is 32.8. The lowest BCUT2D eigenvalue weighted by Crippen LogP contribution is -2.45. The highest BCUT2D eigenvalue weighted by molar-refractivity contribution is 6.31. The van der Waals surface area contributed by atoms with Crippen LogP contribution in [0, 0.1) is 5.82 Å². The van der Waals surface area contributed by atoms with Crippen molar-refractivity contribution in [2.75, 3.05) is 13.0 Å². The fourth-order valence-electron chi connectivity index (χ4n) is 2.05. The van der Waals surface area contributed by atoms with E-state index in [-0.39, 0.29) is 32.4 Å². The van der Waals surface area contributed by atoms with Crippen LogP contribution in [0.15, 0.2) is 27.8 Å². The van der Waals surface area contributed by atoms with Crippen LogP contribution in [0.25, 0.3) is 5.69 Å². The zero-order valence-electron chi connectivity index (χ0n) is 12.9. The average Bonchev–Trinajstić information content (AvgIpc) is 2.53. The second kappa shape index (κ2) is 7.45. The number of hydroxylamine groups is 1. The molecule has 8 nitrogen and oxygen atoms in total. The summed E-state index contributed by atoms with van der Waals surface area (Å²) in [6, 6.07) is 1.85. The molecular formula is C13H11ClF4N4O4. The maximum absolute atomic E-state index is 14.2. The number of nitrogens with one attached hydrogen (secondary N) is 1. The standard InChI is InChI=1S/C13H11ClF4N4O4/c1-25-26-20-5-6-2-9(8(15)3-7(6)14)21-11(23)4-10(13(16,17)18)22(19)12(21)24/h2-4,20H,5,19H2,1H3. The van der Waals surface area contributed by atoms with Gasteiger partial charge in [0.25, 0.3) is 5.56 Å². The van der Waals surface area contributed by atoms with Crippen LogP contribution in [0.3, 0.4) is 0 Å². The molecule has 3 N–H and O–H groups in total. The predicted molar refractivity (Wildman–Crippen MR) is 81.4 cm³/mol. The lowest BCUT2D eigenvalue weighted by atomic mass is 10.2. The maximum Gasteiger partial charge on any atom is 0.433 e. The number of rotatable bonds is 5. The first-order chi connectivity index (χ1) is 12.1. The van der Waals surface area contributed by atoms with Crippen molar-refractivity contribution in [1.82, 2.24) is 14.7 Å². The molecule has 1 heterocycles. The Morgan fingerprint density at radius 1 is 1.27 bits per heavy atom. The number of hydrogen-bond acceptors (Lipinski definition) is 6. The minimum atomic E-state index is -5.04. The lowest BCUT2D eigenvalue weighted by molar-refractivity contribution is -0.319. The highest BCUT2D eigenvalue weighted by Crippen LogP contribution is 2.27. The molecule has 0 fully saturated rings. The van der Waals surface area contributed by atoms with Crippen molar-refractivity contribution >= 4 is 11.6 Å². The Morgan fingerprint density at radius 2 is 1.92 bits per heavy atom. The molecule has 1 aromatic carbocycles. The van der Waals surface area contributed by atoms with Crippen LogP contribution in [0.4, 0.5) is 17.6 Å². The van der Waals surface area contributed by atoms with Gasteiger partial charge in [-0.05, 0) is 17.7 Å². The molecule has 2 rings (SSSR count). The number of halogens is 5. The van der Waals surface area contributed by atoms with Crippen molar-refractivity contribution in [2.45, 2.75) is 12.7 Å². The second-order valence-electron chi connectivity index (χ2n) is 4.82. The molecule has 142 valence electrons. The summed E-state index contributed by atoms with van der Waals surface area (Å²) in [5.74, 6) is 4.00. The van der Waals surface area contributed by atoms with Crippen LogP contribution in [-0.4, -0.2) is 16.4 Å². The van der Waals surface area contributed by atoms with E-state index in [1.54, 1.807) is 0 Å². The van der Waals surface area contributed by atoms with Gasteiger partial charge in [0.15, 0.2) is 5.69 Å². The molecule has 13 heteroatoms. The number of aromatic nitrogens is 2. The average molecular weight is 399 g/mol. The van der Waals surface area contributed by atoms with Crippen LogP contribution in [0.1, 0.15) is 11.3 Å². The molecule has 0 spiro atoms. The minimum absolute atomic E-state index is 0.0847. The first-order valence-corrected chi connectivity index (χ1v) is 7.08. The van der Waals surface area contributed by atoms with Crippen LogP contribution in [0.2, 0.25) is 5.02 Å². The SMILES string of the molecule is COONCc1cc(-n2c(=O)cc(C(F)(F)F)n(N)c2=O)c(F)cc1Cl. The minimum Gasteiger partial charge on any atom is -0.335 e. The molecule has 0 aliphatic carbocycles. The Bertz CT molecular complexity index is 941. The summed E-state index contributed by atoms with van der Waals surface area (Å²) in [5.41, 5.74) is -2.86. The molecule has 0 saturated heterocycles. The number of benzene rings is 1. The van der Waals surface area contributed by atoms with Gasteiger partial charge < -0.3 is 5.84 Å². The van der Waals surface area contributed by atoms with Crippen molar-refractivity contribution in [1.29, 1.82) is 0 Å². The Balaban J connectivity index is 2.65. The molecule has 0 saturated carbocycles. The van der Waals surface area contributed by atoms with Gasteiger partial charge in [0.05, 0.1) is 19.3 Å². The van der Waals surface area contributed by atoms with E-state index in [4.69, 9.17) is 17.4 Å². The summed E-state index contributed by atoms with van der Waals surface area (Å²) in [6.07, 6.45) is -5.04. The van der Waals surface area contributed by atoms with E-state index in [0.29, 0.717) is 0 Å². The molecule has 1 aromatic heterocycles. The summed E-state index contributed by atoms with van der Waals surface area (Å²) < 4.78 is 52.5. The van der Waals surface area contributed by atoms with Crippen LogP contribution in [-0.2, 0) is 22.6 Å². The third-order valence-corrected chi connectivity index (χ3v) is 3.54. The van der Waals surface area contributed by atoms with E-state index in [0.717, 1.165) is 12.1 Å². The molecule has 0 bridgehead atoms. The highest BCUT2D eigenvalue weighted by atomic mass is 35.5. The van der Waals surface area contributed by atoms with Gasteiger partial charge in [-0.2, -0.15) is 18.7 Å². The fourth-order valence-corrected chi connectivity index (χ4v) is 2.27. The first-order valence-electron chi connectivity index (χ1n) is 6.70. The molecule has 0 radical (unpaired) electrons. The highest BCUT2D eigenvalue weighted by Gasteiger charge is 2.36. The normalized spacial score (nSPS) is 11.8. The molecular weight excluding hydrogens is 388 g/mol. The smallest absolute Gasteiger partial charge is 0.335 e. The quantitative estimate of drug-likeness (QED) is 0.257. The van der Waals surface area contributed by atoms with E-state index < -0.39 is 34.6 Å². The third-order valence-electron chi connectivity index (χ3n) is 3.19. The molecule has 0 aliphatic rings. The Labute approximate surface area is 147 Å². The van der Waals surface area contributed by atoms with E-state index in [1.165, 1.54) is 7.11 Å². The Morgan fingerprint density at radius 3 is 2.50 bits per heavy atom. The van der Waals surface area contributed by atoms with Crippen molar-refractivity contribution < 1.29 is 27.4 Å². The fraction of sp³-hybridized carbons (Fsp3) is 0.231. The Hall–Kier alpha value is -2.41. The molecule has 0 amide bonds. The van der Waals surface area contributed by atoms with E-state index in [1.807, 2.05) is 0 Å². The van der Waals surface area contributed by atoms with Gasteiger partial charge in [0.1, 0.15) is 5.82 Å². The number of nitrogens with two attached hydrogens (primary N) is 1. The zero-order chi connectivity index (χ0) is 19.6. The van der Waals surface area contributed by atoms with Crippen LogP contribution < -0.4 is 22.6 Å².